The van der Waals surface area contributed by atoms with E-state index in [0.29, 0.717) is 0 Å². The van der Waals surface area contributed by atoms with Gasteiger partial charge in [0, 0.05) is 0 Å². The van der Waals surface area contributed by atoms with E-state index in [-0.39, 0.29) is 22.2 Å². The summed E-state index contributed by atoms with van der Waals surface area (Å²) in [6.45, 7) is 9.67. The molecule has 11 heteroatoms. The number of aliphatic hydroxyl groups excluding tert-OH is 3. The van der Waals surface area contributed by atoms with Gasteiger partial charge in [-0.1, -0.05) is 33.9 Å². The SMILES string of the molecule is CC(C)(C)[Si](C)(C)[C@@]1(n2cnc3c(=O)[nH]c(N)nc32)O[C@H](CO)[C@@H](O)[C@H]1O. The van der Waals surface area contributed by atoms with Gasteiger partial charge < -0.3 is 25.8 Å². The summed E-state index contributed by atoms with van der Waals surface area (Å²) < 4.78 is 7.70. The molecule has 0 aromatic carbocycles. The van der Waals surface area contributed by atoms with Gasteiger partial charge in [-0.25, -0.2) is 4.98 Å². The summed E-state index contributed by atoms with van der Waals surface area (Å²) in [4.78, 5) is 22.9. The monoisotopic (exact) mass is 397 g/mol. The molecule has 0 unspecified atom stereocenters. The fourth-order valence-corrected chi connectivity index (χ4v) is 6.87. The first-order valence-corrected chi connectivity index (χ1v) is 11.8. The minimum absolute atomic E-state index is 0.0556. The fourth-order valence-electron chi connectivity index (χ4n) is 3.67. The number of ether oxygens (including phenoxy) is 1. The van der Waals surface area contributed by atoms with Crippen LogP contribution in [0.2, 0.25) is 18.1 Å². The summed E-state index contributed by atoms with van der Waals surface area (Å²) in [5.41, 5.74) is 5.42. The average Bonchev–Trinajstić information content (AvgIpc) is 3.08. The number of aliphatic hydroxyl groups is 3. The smallest absolute Gasteiger partial charge is 0.280 e. The molecule has 0 bridgehead atoms. The molecular formula is C16H27N5O5Si. The van der Waals surface area contributed by atoms with Gasteiger partial charge >= 0.3 is 0 Å². The summed E-state index contributed by atoms with van der Waals surface area (Å²) in [6, 6.07) is 0. The van der Waals surface area contributed by atoms with Crippen LogP contribution in [0.3, 0.4) is 0 Å². The number of imidazole rings is 1. The number of nitrogens with zero attached hydrogens (tertiary/aromatic N) is 3. The molecule has 0 aliphatic carbocycles. The molecule has 3 heterocycles. The van der Waals surface area contributed by atoms with E-state index in [1.165, 1.54) is 10.9 Å². The van der Waals surface area contributed by atoms with Crippen LogP contribution < -0.4 is 11.3 Å². The molecule has 0 spiro atoms. The Morgan fingerprint density at radius 2 is 2.04 bits per heavy atom. The maximum absolute atomic E-state index is 12.2. The Labute approximate surface area is 157 Å². The standard InChI is InChI=1S/C16H27N5O5Si/c1-15(2,3)27(4,5)16(11(24)10(23)8(6-22)26-16)21-7-18-9-12(21)19-14(17)20-13(9)25/h7-8,10-11,22-24H,6H2,1-5H3,(H3,17,19,20,25)/t8-,10-,11-,16+/m1/s1. The third-order valence-electron chi connectivity index (χ3n) is 6.17. The van der Waals surface area contributed by atoms with Crippen LogP contribution in [-0.2, 0) is 10.1 Å². The van der Waals surface area contributed by atoms with Gasteiger partial charge in [-0.3, -0.25) is 14.3 Å². The minimum Gasteiger partial charge on any atom is -0.394 e. The lowest BCUT2D eigenvalue weighted by atomic mass is 10.1. The molecule has 27 heavy (non-hydrogen) atoms. The van der Waals surface area contributed by atoms with Gasteiger partial charge in [-0.05, 0) is 5.04 Å². The number of hydrogen-bond acceptors (Lipinski definition) is 8. The molecule has 0 saturated carbocycles. The van der Waals surface area contributed by atoms with Crippen LogP contribution in [0.1, 0.15) is 20.8 Å². The van der Waals surface area contributed by atoms with Gasteiger partial charge in [0.25, 0.3) is 5.56 Å². The van der Waals surface area contributed by atoms with Crippen molar-refractivity contribution in [2.75, 3.05) is 12.3 Å². The number of anilines is 1. The van der Waals surface area contributed by atoms with E-state index in [9.17, 15) is 20.1 Å². The van der Waals surface area contributed by atoms with Crippen LogP contribution in [0.4, 0.5) is 5.95 Å². The Balaban J connectivity index is 2.39. The molecule has 0 amide bonds. The number of aromatic nitrogens is 4. The zero-order valence-electron chi connectivity index (χ0n) is 16.1. The molecular weight excluding hydrogens is 370 g/mol. The molecule has 1 saturated heterocycles. The summed E-state index contributed by atoms with van der Waals surface area (Å²) in [7, 11) is -2.66. The Hall–Kier alpha value is -1.79. The number of hydrogen-bond donors (Lipinski definition) is 5. The summed E-state index contributed by atoms with van der Waals surface area (Å²) in [6.07, 6.45) is -2.26. The summed E-state index contributed by atoms with van der Waals surface area (Å²) >= 11 is 0. The fraction of sp³-hybridized carbons (Fsp3) is 0.688. The van der Waals surface area contributed by atoms with Crippen molar-refractivity contribution in [2.24, 2.45) is 0 Å². The molecule has 1 fully saturated rings. The molecule has 2 aromatic heterocycles. The maximum atomic E-state index is 12.2. The lowest BCUT2D eigenvalue weighted by Gasteiger charge is -2.51. The van der Waals surface area contributed by atoms with Crippen LogP contribution in [-0.4, -0.2) is 67.8 Å². The van der Waals surface area contributed by atoms with Gasteiger partial charge in [0.1, 0.15) is 26.4 Å². The van der Waals surface area contributed by atoms with Crippen LogP contribution in [0, 0.1) is 0 Å². The number of aromatic amines is 1. The first-order valence-electron chi connectivity index (χ1n) is 8.76. The van der Waals surface area contributed by atoms with E-state index in [1.807, 2.05) is 33.9 Å². The third kappa shape index (κ3) is 2.57. The van der Waals surface area contributed by atoms with Crippen molar-refractivity contribution in [3.8, 4) is 0 Å². The minimum atomic E-state index is -2.66. The molecule has 10 nitrogen and oxygen atoms in total. The van der Waals surface area contributed by atoms with E-state index < -0.39 is 43.9 Å². The van der Waals surface area contributed by atoms with Crippen molar-refractivity contribution in [1.29, 1.82) is 0 Å². The van der Waals surface area contributed by atoms with E-state index in [1.54, 1.807) is 0 Å². The van der Waals surface area contributed by atoms with E-state index in [2.05, 4.69) is 15.0 Å². The van der Waals surface area contributed by atoms with E-state index in [4.69, 9.17) is 10.5 Å². The van der Waals surface area contributed by atoms with Crippen LogP contribution >= 0.6 is 0 Å². The first kappa shape index (κ1) is 20.0. The first-order chi connectivity index (χ1) is 12.4. The molecule has 1 aliphatic rings. The van der Waals surface area contributed by atoms with Gasteiger partial charge in [0.15, 0.2) is 16.5 Å². The molecule has 6 N–H and O–H groups in total. The summed E-state index contributed by atoms with van der Waals surface area (Å²) in [5.74, 6) is -0.0913. The summed E-state index contributed by atoms with van der Waals surface area (Å²) in [5, 5.41) is 29.6. The highest BCUT2D eigenvalue weighted by molar-refractivity contribution is 6.82. The molecule has 2 aromatic rings. The molecule has 0 radical (unpaired) electrons. The normalized spacial score (nSPS) is 29.6. The number of nitrogens with two attached hydrogens (primary N) is 1. The van der Waals surface area contributed by atoms with Crippen molar-refractivity contribution < 1.29 is 20.1 Å². The van der Waals surface area contributed by atoms with Crippen molar-refractivity contribution in [3.05, 3.63) is 16.7 Å². The Kier molecular flexibility index (Phi) is 4.51. The van der Waals surface area contributed by atoms with Gasteiger partial charge in [-0.2, -0.15) is 4.98 Å². The second-order valence-corrected chi connectivity index (χ2v) is 14.1. The van der Waals surface area contributed by atoms with Gasteiger partial charge in [0.05, 0.1) is 12.9 Å². The second kappa shape index (κ2) is 6.11. The van der Waals surface area contributed by atoms with Crippen molar-refractivity contribution in [2.45, 2.75) is 62.6 Å². The topological polar surface area (TPSA) is 160 Å². The Morgan fingerprint density at radius 3 is 2.56 bits per heavy atom. The third-order valence-corrected chi connectivity index (χ3v) is 12.4. The van der Waals surface area contributed by atoms with Crippen molar-refractivity contribution >= 4 is 25.2 Å². The number of nitrogens with one attached hydrogen (secondary N) is 1. The van der Waals surface area contributed by atoms with Gasteiger partial charge in [-0.15, -0.1) is 0 Å². The van der Waals surface area contributed by atoms with Gasteiger partial charge in [0.2, 0.25) is 5.95 Å². The van der Waals surface area contributed by atoms with Crippen molar-refractivity contribution in [1.82, 2.24) is 19.5 Å². The van der Waals surface area contributed by atoms with Crippen LogP contribution in [0.5, 0.6) is 0 Å². The zero-order chi connectivity index (χ0) is 20.4. The molecule has 4 atom stereocenters. The number of rotatable bonds is 3. The second-order valence-electron chi connectivity index (χ2n) is 8.58. The lowest BCUT2D eigenvalue weighted by Crippen LogP contribution is -2.66. The Bertz CT molecular complexity index is 920. The van der Waals surface area contributed by atoms with Crippen LogP contribution in [0.15, 0.2) is 11.1 Å². The average molecular weight is 398 g/mol. The quantitative estimate of drug-likeness (QED) is 0.434. The highest BCUT2D eigenvalue weighted by atomic mass is 28.3. The van der Waals surface area contributed by atoms with E-state index >= 15 is 0 Å². The maximum Gasteiger partial charge on any atom is 0.280 e. The molecule has 3 rings (SSSR count). The highest BCUT2D eigenvalue weighted by Crippen LogP contribution is 2.52. The largest absolute Gasteiger partial charge is 0.394 e. The number of H-pyrrole nitrogens is 1. The van der Waals surface area contributed by atoms with E-state index in [0.717, 1.165) is 0 Å². The molecule has 1 aliphatic heterocycles. The molecule has 150 valence electrons. The predicted molar refractivity (Wildman–Crippen MR) is 102 cm³/mol. The number of nitrogen functional groups attached to an aromatic ring is 1. The Morgan fingerprint density at radius 1 is 1.41 bits per heavy atom. The predicted octanol–water partition coefficient (Wildman–Crippen LogP) is -0.485. The van der Waals surface area contributed by atoms with Crippen molar-refractivity contribution in [3.63, 3.8) is 0 Å². The highest BCUT2D eigenvalue weighted by Gasteiger charge is 2.67. The number of fused-ring (bicyclic) bond motifs is 1. The van der Waals surface area contributed by atoms with Crippen LogP contribution in [0.25, 0.3) is 11.2 Å². The zero-order valence-corrected chi connectivity index (χ0v) is 17.1. The lowest BCUT2D eigenvalue weighted by molar-refractivity contribution is -0.0950.